The van der Waals surface area contributed by atoms with Gasteiger partial charge in [0.15, 0.2) is 5.78 Å². The molecule has 3 heteroatoms. The van der Waals surface area contributed by atoms with E-state index in [1.807, 2.05) is 121 Å². The van der Waals surface area contributed by atoms with E-state index in [0.29, 0.717) is 44.8 Å². The number of nitrogen functional groups attached to an aromatic ring is 2. The van der Waals surface area contributed by atoms with Crippen LogP contribution in [0.5, 0.6) is 0 Å². The summed E-state index contributed by atoms with van der Waals surface area (Å²) in [6.45, 7) is 0. The van der Waals surface area contributed by atoms with E-state index in [1.165, 1.54) is 0 Å². The van der Waals surface area contributed by atoms with Crippen LogP contribution in [-0.2, 0) is 0 Å². The maximum atomic E-state index is 15.0. The summed E-state index contributed by atoms with van der Waals surface area (Å²) in [6.07, 6.45) is 0. The molecule has 6 aromatic carbocycles. The Morgan fingerprint density at radius 2 is 0.583 bits per heavy atom. The second-order valence-electron chi connectivity index (χ2n) is 10.8. The summed E-state index contributed by atoms with van der Waals surface area (Å²) in [4.78, 5) is 15.0. The lowest BCUT2D eigenvalue weighted by molar-refractivity contribution is 0.103. The van der Waals surface area contributed by atoms with Crippen molar-refractivity contribution in [3.05, 3.63) is 201 Å². The van der Waals surface area contributed by atoms with Gasteiger partial charge in [-0.1, -0.05) is 120 Å². The summed E-state index contributed by atoms with van der Waals surface area (Å²) < 4.78 is 0. The molecule has 4 N–H and O–H groups in total. The van der Waals surface area contributed by atoms with Crippen LogP contribution >= 0.6 is 0 Å². The van der Waals surface area contributed by atoms with Gasteiger partial charge in [-0.2, -0.15) is 0 Å². The number of anilines is 2. The third kappa shape index (κ3) is 7.72. The Morgan fingerprint density at radius 3 is 0.812 bits per heavy atom. The minimum atomic E-state index is -0.334. The Hall–Kier alpha value is -7.17. The number of ketones is 1. The highest BCUT2D eigenvalue weighted by Crippen LogP contribution is 2.27. The number of nitrogens with two attached hydrogens (primary N) is 2. The lowest BCUT2D eigenvalue weighted by Gasteiger charge is -2.13. The smallest absolute Gasteiger partial charge is 0.198 e. The molecule has 0 radical (unpaired) electrons. The molecule has 3 nitrogen and oxygen atoms in total. The number of carbonyl (C=O) groups is 1. The molecule has 0 unspecified atom stereocenters. The Kier molecular flexibility index (Phi) is 9.47. The van der Waals surface area contributed by atoms with Gasteiger partial charge in [0, 0.05) is 55.9 Å². The first-order valence-corrected chi connectivity index (χ1v) is 15.2. The van der Waals surface area contributed by atoms with Gasteiger partial charge in [0.25, 0.3) is 0 Å². The van der Waals surface area contributed by atoms with Gasteiger partial charge in [-0.3, -0.25) is 4.79 Å². The van der Waals surface area contributed by atoms with E-state index in [4.69, 9.17) is 11.5 Å². The van der Waals surface area contributed by atoms with E-state index in [9.17, 15) is 0 Å². The molecule has 0 bridgehead atoms. The van der Waals surface area contributed by atoms with E-state index in [0.717, 1.165) is 22.3 Å². The summed E-state index contributed by atoms with van der Waals surface area (Å²) in [5.41, 5.74) is 19.3. The Labute approximate surface area is 281 Å². The minimum Gasteiger partial charge on any atom is -0.399 e. The van der Waals surface area contributed by atoms with Gasteiger partial charge < -0.3 is 11.5 Å². The first-order valence-electron chi connectivity index (χ1n) is 15.2. The zero-order valence-corrected chi connectivity index (χ0v) is 25.9. The fraction of sp³-hybridized carbons (Fsp3) is 0. The van der Waals surface area contributed by atoms with Crippen LogP contribution in [0.1, 0.15) is 60.4 Å². The quantitative estimate of drug-likeness (QED) is 0.120. The van der Waals surface area contributed by atoms with Crippen LogP contribution < -0.4 is 11.5 Å². The molecule has 0 spiro atoms. The summed E-state index contributed by atoms with van der Waals surface area (Å²) >= 11 is 0. The topological polar surface area (TPSA) is 69.1 Å². The SMILES string of the molecule is Nc1cc(C#Cc2ccccc2)c(C(=O)c2c(C#Cc3ccccc3)cc(N)cc2C#Cc2ccccc2)c(C#Cc2ccccc2)c1. The minimum absolute atomic E-state index is 0.311. The van der Waals surface area contributed by atoms with Gasteiger partial charge in [-0.15, -0.1) is 0 Å². The fourth-order valence-corrected chi connectivity index (χ4v) is 4.98. The molecule has 0 aliphatic carbocycles. The maximum absolute atomic E-state index is 15.0. The van der Waals surface area contributed by atoms with E-state index in [2.05, 4.69) is 47.4 Å². The van der Waals surface area contributed by atoms with Crippen molar-refractivity contribution in [2.45, 2.75) is 0 Å². The monoisotopic (exact) mass is 612 g/mol. The molecule has 6 aromatic rings. The van der Waals surface area contributed by atoms with Crippen LogP contribution in [0.15, 0.2) is 146 Å². The molecule has 0 heterocycles. The summed E-state index contributed by atoms with van der Waals surface area (Å²) in [5, 5.41) is 0. The third-order valence-electron chi connectivity index (χ3n) is 7.24. The summed E-state index contributed by atoms with van der Waals surface area (Å²) in [6, 6.07) is 45.1. The summed E-state index contributed by atoms with van der Waals surface area (Å²) in [5.74, 6) is 25.2. The number of hydrogen-bond acceptors (Lipinski definition) is 3. The lowest BCUT2D eigenvalue weighted by Crippen LogP contribution is -2.13. The van der Waals surface area contributed by atoms with Gasteiger partial charge in [0.1, 0.15) is 0 Å². The van der Waals surface area contributed by atoms with Gasteiger partial charge in [0.05, 0.1) is 11.1 Å². The molecule has 0 aromatic heterocycles. The van der Waals surface area contributed by atoms with Crippen molar-refractivity contribution in [2.24, 2.45) is 0 Å². The van der Waals surface area contributed by atoms with E-state index < -0.39 is 0 Å². The van der Waals surface area contributed by atoms with Crippen molar-refractivity contribution in [1.29, 1.82) is 0 Å². The Bertz CT molecular complexity index is 2040. The molecule has 0 fully saturated rings. The molecule has 224 valence electrons. The highest BCUT2D eigenvalue weighted by molar-refractivity contribution is 6.15. The fourth-order valence-electron chi connectivity index (χ4n) is 4.98. The van der Waals surface area contributed by atoms with Crippen LogP contribution in [0.2, 0.25) is 0 Å². The van der Waals surface area contributed by atoms with Crippen molar-refractivity contribution in [1.82, 2.24) is 0 Å². The standard InChI is InChI=1S/C45H28N2O/c46-41-29-37(25-21-33-13-5-1-6-14-33)43(38(30-41)26-22-34-15-7-2-8-16-34)45(48)44-39(27-23-35-17-9-3-10-18-35)31-42(47)32-40(44)28-24-36-19-11-4-12-20-36/h1-20,29-32H,46-47H2. The van der Waals surface area contributed by atoms with Gasteiger partial charge in [-0.25, -0.2) is 0 Å². The largest absolute Gasteiger partial charge is 0.399 e. The molecule has 0 saturated carbocycles. The predicted molar refractivity (Wildman–Crippen MR) is 195 cm³/mol. The number of benzene rings is 6. The van der Waals surface area contributed by atoms with E-state index in [1.54, 1.807) is 24.3 Å². The van der Waals surface area contributed by atoms with Crippen molar-refractivity contribution in [3.8, 4) is 47.4 Å². The molecule has 0 aliphatic heterocycles. The number of rotatable bonds is 2. The molecular formula is C45H28N2O. The van der Waals surface area contributed by atoms with E-state index in [-0.39, 0.29) is 5.78 Å². The average molecular weight is 613 g/mol. The van der Waals surface area contributed by atoms with Gasteiger partial charge in [-0.05, 0) is 72.8 Å². The molecule has 0 atom stereocenters. The molecule has 6 rings (SSSR count). The number of hydrogen-bond donors (Lipinski definition) is 2. The molecule has 0 aliphatic rings. The predicted octanol–water partition coefficient (Wildman–Crippen LogP) is 7.68. The van der Waals surface area contributed by atoms with Crippen LogP contribution in [0.25, 0.3) is 0 Å². The third-order valence-corrected chi connectivity index (χ3v) is 7.24. The zero-order chi connectivity index (χ0) is 33.1. The lowest BCUT2D eigenvalue weighted by atomic mass is 9.88. The van der Waals surface area contributed by atoms with E-state index >= 15 is 4.79 Å². The number of carbonyl (C=O) groups excluding carboxylic acids is 1. The molecule has 48 heavy (non-hydrogen) atoms. The van der Waals surface area contributed by atoms with Crippen LogP contribution in [0.3, 0.4) is 0 Å². The normalized spacial score (nSPS) is 9.67. The second-order valence-corrected chi connectivity index (χ2v) is 10.8. The first kappa shape index (κ1) is 30.8. The highest BCUT2D eigenvalue weighted by atomic mass is 16.1. The van der Waals surface area contributed by atoms with Crippen molar-refractivity contribution in [2.75, 3.05) is 11.5 Å². The average Bonchev–Trinajstić information content (AvgIpc) is 3.12. The maximum Gasteiger partial charge on any atom is 0.198 e. The second kappa shape index (κ2) is 14.7. The molecule has 0 amide bonds. The van der Waals surface area contributed by atoms with Crippen LogP contribution in [-0.4, -0.2) is 5.78 Å². The highest BCUT2D eigenvalue weighted by Gasteiger charge is 2.23. The summed E-state index contributed by atoms with van der Waals surface area (Å²) in [7, 11) is 0. The first-order chi connectivity index (χ1) is 23.5. The zero-order valence-electron chi connectivity index (χ0n) is 25.9. The van der Waals surface area contributed by atoms with Crippen molar-refractivity contribution < 1.29 is 4.79 Å². The van der Waals surface area contributed by atoms with Crippen LogP contribution in [0.4, 0.5) is 11.4 Å². The van der Waals surface area contributed by atoms with Crippen molar-refractivity contribution in [3.63, 3.8) is 0 Å². The van der Waals surface area contributed by atoms with Crippen LogP contribution in [0, 0.1) is 47.4 Å². The molecule has 0 saturated heterocycles. The Morgan fingerprint density at radius 1 is 0.354 bits per heavy atom. The van der Waals surface area contributed by atoms with Gasteiger partial charge >= 0.3 is 0 Å². The Balaban J connectivity index is 1.61. The van der Waals surface area contributed by atoms with Gasteiger partial charge in [0.2, 0.25) is 0 Å². The van der Waals surface area contributed by atoms with Crippen molar-refractivity contribution >= 4 is 17.2 Å². The molecular weight excluding hydrogens is 585 g/mol.